The number of carbonyl (C=O) groups excluding carboxylic acids is 2. The number of nitrogens with one attached hydrogen (secondary N) is 1. The number of nitriles is 1. The molecule has 0 atom stereocenters. The molecular weight excluding hydrogens is 318 g/mol. The zero-order chi connectivity index (χ0) is 18.2. The number of likely N-dealkylation sites (tertiary alicyclic amines) is 1. The largest absolute Gasteiger partial charge is 0.483 e. The zero-order valence-corrected chi connectivity index (χ0v) is 14.7. The van der Waals surface area contributed by atoms with Crippen molar-refractivity contribution in [3.8, 4) is 11.8 Å². The van der Waals surface area contributed by atoms with Crippen molar-refractivity contribution in [2.24, 2.45) is 0 Å². The van der Waals surface area contributed by atoms with Gasteiger partial charge in [-0.15, -0.1) is 0 Å². The number of ether oxygens (including phenoxy) is 1. The summed E-state index contributed by atoms with van der Waals surface area (Å²) in [6, 6.07) is 7.36. The molecule has 2 amide bonds. The van der Waals surface area contributed by atoms with Crippen LogP contribution in [0, 0.1) is 11.3 Å². The minimum atomic E-state index is -0.679. The van der Waals surface area contributed by atoms with Crippen LogP contribution in [0.25, 0.3) is 5.70 Å². The van der Waals surface area contributed by atoms with E-state index >= 15 is 0 Å². The lowest BCUT2D eigenvalue weighted by Gasteiger charge is -2.39. The average molecular weight is 339 g/mol. The van der Waals surface area contributed by atoms with Crippen LogP contribution < -0.4 is 10.1 Å². The third-order valence-corrected chi connectivity index (χ3v) is 4.60. The van der Waals surface area contributed by atoms with E-state index in [1.54, 1.807) is 23.1 Å². The van der Waals surface area contributed by atoms with Crippen LogP contribution in [0.15, 0.2) is 23.8 Å². The van der Waals surface area contributed by atoms with Crippen molar-refractivity contribution in [2.75, 3.05) is 13.1 Å². The Balaban J connectivity index is 2.21. The predicted molar refractivity (Wildman–Crippen MR) is 92.4 cm³/mol. The standard InChI is InChI=1S/C19H21N3O3/c1-12(23)21-11-15-18(22-8-4-5-17(22)24)14-9-13(10-20)6-7-16(14)25-19(15,2)3/h6-7,9H,4-5,8,11H2,1-3H3,(H,21,23). The number of nitrogens with zero attached hydrogens (tertiary/aromatic N) is 2. The van der Waals surface area contributed by atoms with Gasteiger partial charge in [0.15, 0.2) is 0 Å². The van der Waals surface area contributed by atoms with Gasteiger partial charge in [-0.2, -0.15) is 5.26 Å². The topological polar surface area (TPSA) is 82.4 Å². The molecule has 0 spiro atoms. The van der Waals surface area contributed by atoms with Crippen molar-refractivity contribution >= 4 is 17.5 Å². The maximum atomic E-state index is 12.4. The Kier molecular flexibility index (Phi) is 4.25. The van der Waals surface area contributed by atoms with Gasteiger partial charge in [0.2, 0.25) is 11.8 Å². The molecule has 2 aliphatic rings. The van der Waals surface area contributed by atoms with Crippen LogP contribution in [0.2, 0.25) is 0 Å². The van der Waals surface area contributed by atoms with Crippen molar-refractivity contribution in [2.45, 2.75) is 39.2 Å². The first-order chi connectivity index (χ1) is 11.8. The molecule has 1 fully saturated rings. The monoisotopic (exact) mass is 339 g/mol. The second-order valence-corrected chi connectivity index (χ2v) is 6.82. The molecule has 0 aromatic heterocycles. The fourth-order valence-corrected chi connectivity index (χ4v) is 3.36. The summed E-state index contributed by atoms with van der Waals surface area (Å²) in [5, 5.41) is 12.1. The van der Waals surface area contributed by atoms with Gasteiger partial charge in [0, 0.05) is 37.6 Å². The van der Waals surface area contributed by atoms with E-state index < -0.39 is 5.60 Å². The summed E-state index contributed by atoms with van der Waals surface area (Å²) >= 11 is 0. The molecule has 1 saturated heterocycles. The molecule has 2 heterocycles. The third-order valence-electron chi connectivity index (χ3n) is 4.60. The summed E-state index contributed by atoms with van der Waals surface area (Å²) in [6.07, 6.45) is 1.30. The molecule has 2 aliphatic heterocycles. The smallest absolute Gasteiger partial charge is 0.227 e. The molecule has 25 heavy (non-hydrogen) atoms. The van der Waals surface area contributed by atoms with Crippen LogP contribution in [-0.2, 0) is 9.59 Å². The number of benzene rings is 1. The minimum Gasteiger partial charge on any atom is -0.483 e. The fraction of sp³-hybridized carbons (Fsp3) is 0.421. The molecule has 0 bridgehead atoms. The lowest BCUT2D eigenvalue weighted by Crippen LogP contribution is -2.43. The molecule has 3 rings (SSSR count). The number of fused-ring (bicyclic) bond motifs is 1. The molecule has 6 heteroatoms. The molecule has 0 saturated carbocycles. The summed E-state index contributed by atoms with van der Waals surface area (Å²) in [4.78, 5) is 25.6. The Morgan fingerprint density at radius 3 is 2.80 bits per heavy atom. The highest BCUT2D eigenvalue weighted by molar-refractivity contribution is 5.92. The Morgan fingerprint density at radius 2 is 2.20 bits per heavy atom. The number of hydrogen-bond acceptors (Lipinski definition) is 4. The summed E-state index contributed by atoms with van der Waals surface area (Å²) in [7, 11) is 0. The Hall–Kier alpha value is -2.81. The Labute approximate surface area is 147 Å². The van der Waals surface area contributed by atoms with Gasteiger partial charge in [-0.05, 0) is 38.5 Å². The highest BCUT2D eigenvalue weighted by atomic mass is 16.5. The van der Waals surface area contributed by atoms with Gasteiger partial charge in [-0.1, -0.05) is 0 Å². The van der Waals surface area contributed by atoms with Crippen LogP contribution in [0.5, 0.6) is 5.75 Å². The Bertz CT molecular complexity index is 818. The van der Waals surface area contributed by atoms with Crippen molar-refractivity contribution in [3.63, 3.8) is 0 Å². The molecule has 1 aromatic carbocycles. The predicted octanol–water partition coefficient (Wildman–Crippen LogP) is 2.20. The number of amides is 2. The van der Waals surface area contributed by atoms with Gasteiger partial charge in [0.25, 0.3) is 0 Å². The van der Waals surface area contributed by atoms with E-state index in [1.165, 1.54) is 6.92 Å². The van der Waals surface area contributed by atoms with E-state index in [9.17, 15) is 14.9 Å². The van der Waals surface area contributed by atoms with Crippen LogP contribution in [-0.4, -0.2) is 35.4 Å². The van der Waals surface area contributed by atoms with Crippen LogP contribution in [0.1, 0.15) is 44.7 Å². The zero-order valence-electron chi connectivity index (χ0n) is 14.7. The molecule has 0 unspecified atom stereocenters. The summed E-state index contributed by atoms with van der Waals surface area (Å²) < 4.78 is 6.13. The van der Waals surface area contributed by atoms with Gasteiger partial charge >= 0.3 is 0 Å². The fourth-order valence-electron chi connectivity index (χ4n) is 3.36. The van der Waals surface area contributed by atoms with Crippen LogP contribution >= 0.6 is 0 Å². The lowest BCUT2D eigenvalue weighted by molar-refractivity contribution is -0.125. The van der Waals surface area contributed by atoms with Gasteiger partial charge in [0.05, 0.1) is 17.3 Å². The Morgan fingerprint density at radius 1 is 1.44 bits per heavy atom. The normalized spacial score (nSPS) is 18.5. The van der Waals surface area contributed by atoms with E-state index in [2.05, 4.69) is 11.4 Å². The molecule has 130 valence electrons. The first-order valence-electron chi connectivity index (χ1n) is 8.35. The quantitative estimate of drug-likeness (QED) is 0.915. The summed E-state index contributed by atoms with van der Waals surface area (Å²) in [5.41, 5.74) is 2.15. The lowest BCUT2D eigenvalue weighted by atomic mass is 9.88. The number of carbonyl (C=O) groups is 2. The maximum Gasteiger partial charge on any atom is 0.227 e. The van der Waals surface area contributed by atoms with E-state index in [0.29, 0.717) is 24.3 Å². The molecule has 6 nitrogen and oxygen atoms in total. The number of rotatable bonds is 3. The average Bonchev–Trinajstić information content (AvgIpc) is 2.97. The van der Waals surface area contributed by atoms with Gasteiger partial charge in [-0.3, -0.25) is 9.59 Å². The maximum absolute atomic E-state index is 12.4. The van der Waals surface area contributed by atoms with Crippen molar-refractivity contribution < 1.29 is 14.3 Å². The van der Waals surface area contributed by atoms with E-state index in [0.717, 1.165) is 23.3 Å². The molecule has 0 aliphatic carbocycles. The highest BCUT2D eigenvalue weighted by Gasteiger charge is 2.39. The van der Waals surface area contributed by atoms with Crippen LogP contribution in [0.4, 0.5) is 0 Å². The van der Waals surface area contributed by atoms with Gasteiger partial charge in [-0.25, -0.2) is 0 Å². The van der Waals surface area contributed by atoms with E-state index in [4.69, 9.17) is 4.74 Å². The number of hydrogen-bond donors (Lipinski definition) is 1. The minimum absolute atomic E-state index is 0.0568. The second-order valence-electron chi connectivity index (χ2n) is 6.82. The SMILES string of the molecule is CC(=O)NCC1=C(N2CCCC2=O)c2cc(C#N)ccc2OC1(C)C. The second kappa shape index (κ2) is 6.25. The van der Waals surface area contributed by atoms with Crippen molar-refractivity contribution in [1.29, 1.82) is 5.26 Å². The van der Waals surface area contributed by atoms with E-state index in [1.807, 2.05) is 13.8 Å². The first kappa shape index (κ1) is 17.0. The highest BCUT2D eigenvalue weighted by Crippen LogP contribution is 2.43. The van der Waals surface area contributed by atoms with E-state index in [-0.39, 0.29) is 18.4 Å². The van der Waals surface area contributed by atoms with Crippen LogP contribution in [0.3, 0.4) is 0 Å². The first-order valence-corrected chi connectivity index (χ1v) is 8.35. The summed E-state index contributed by atoms with van der Waals surface area (Å²) in [6.45, 7) is 6.22. The molecule has 1 aromatic rings. The van der Waals surface area contributed by atoms with Crippen molar-refractivity contribution in [3.05, 3.63) is 34.9 Å². The molecule has 1 N–H and O–H groups in total. The summed E-state index contributed by atoms with van der Waals surface area (Å²) in [5.74, 6) is 0.554. The van der Waals surface area contributed by atoms with Gasteiger partial charge in [0.1, 0.15) is 11.4 Å². The molecule has 0 radical (unpaired) electrons. The van der Waals surface area contributed by atoms with Crippen molar-refractivity contribution in [1.82, 2.24) is 10.2 Å². The molecular formula is C19H21N3O3. The van der Waals surface area contributed by atoms with Gasteiger partial charge < -0.3 is 15.0 Å². The third kappa shape index (κ3) is 3.10.